The van der Waals surface area contributed by atoms with Gasteiger partial charge in [0, 0.05) is 32.5 Å². The highest BCUT2D eigenvalue weighted by Crippen LogP contribution is 2.30. The summed E-state index contributed by atoms with van der Waals surface area (Å²) in [6.45, 7) is 1.98. The molecular formula is C19H24N4O3. The maximum Gasteiger partial charge on any atom is 0.274 e. The summed E-state index contributed by atoms with van der Waals surface area (Å²) < 4.78 is 10.4. The van der Waals surface area contributed by atoms with Crippen LogP contribution in [0, 0.1) is 5.92 Å². The molecule has 0 atom stereocenters. The number of carbonyl (C=O) groups is 1. The van der Waals surface area contributed by atoms with E-state index in [0.717, 1.165) is 24.0 Å². The Balaban J connectivity index is 1.58. The number of amides is 1. The Labute approximate surface area is 153 Å². The largest absolute Gasteiger partial charge is 0.491 e. The molecule has 1 heterocycles. The molecule has 0 bridgehead atoms. The Morgan fingerprint density at radius 3 is 2.69 bits per heavy atom. The van der Waals surface area contributed by atoms with Gasteiger partial charge >= 0.3 is 0 Å². The van der Waals surface area contributed by atoms with E-state index in [9.17, 15) is 4.79 Å². The van der Waals surface area contributed by atoms with E-state index in [2.05, 4.69) is 20.2 Å². The van der Waals surface area contributed by atoms with Crippen LogP contribution in [0.15, 0.2) is 36.7 Å². The van der Waals surface area contributed by atoms with Crippen LogP contribution >= 0.6 is 0 Å². The lowest BCUT2D eigenvalue weighted by atomic mass is 10.2. The molecule has 0 radical (unpaired) electrons. The number of hydrogen-bond donors (Lipinski definition) is 1. The summed E-state index contributed by atoms with van der Waals surface area (Å²) in [5.41, 5.74) is 1.03. The minimum atomic E-state index is -0.262. The quantitative estimate of drug-likeness (QED) is 0.696. The van der Waals surface area contributed by atoms with Crippen LogP contribution in [0.3, 0.4) is 0 Å². The predicted octanol–water partition coefficient (Wildman–Crippen LogP) is 2.60. The molecule has 0 saturated heterocycles. The third-order valence-electron chi connectivity index (χ3n) is 4.17. The van der Waals surface area contributed by atoms with E-state index < -0.39 is 0 Å². The smallest absolute Gasteiger partial charge is 0.274 e. The van der Waals surface area contributed by atoms with Gasteiger partial charge in [-0.3, -0.25) is 4.79 Å². The van der Waals surface area contributed by atoms with Crippen LogP contribution in [-0.4, -0.2) is 49.8 Å². The second-order valence-electron chi connectivity index (χ2n) is 6.41. The fourth-order valence-corrected chi connectivity index (χ4v) is 2.53. The first kappa shape index (κ1) is 18.1. The summed E-state index contributed by atoms with van der Waals surface area (Å²) >= 11 is 0. The van der Waals surface area contributed by atoms with Gasteiger partial charge in [0.05, 0.1) is 6.61 Å². The maximum absolute atomic E-state index is 12.5. The third-order valence-corrected chi connectivity index (χ3v) is 4.17. The van der Waals surface area contributed by atoms with Gasteiger partial charge in [0.15, 0.2) is 0 Å². The Hall–Kier alpha value is -2.67. The van der Waals surface area contributed by atoms with Crippen molar-refractivity contribution in [2.45, 2.75) is 12.8 Å². The topological polar surface area (TPSA) is 76.6 Å². The van der Waals surface area contributed by atoms with Crippen molar-refractivity contribution in [3.05, 3.63) is 42.4 Å². The molecule has 1 aromatic carbocycles. The first-order chi connectivity index (χ1) is 12.7. The van der Waals surface area contributed by atoms with Gasteiger partial charge in [-0.2, -0.15) is 0 Å². The highest BCUT2D eigenvalue weighted by atomic mass is 16.5. The number of nitrogens with zero attached hydrogens (tertiary/aromatic N) is 3. The second-order valence-corrected chi connectivity index (χ2v) is 6.41. The van der Waals surface area contributed by atoms with E-state index >= 15 is 0 Å². The maximum atomic E-state index is 12.5. The zero-order valence-corrected chi connectivity index (χ0v) is 15.1. The van der Waals surface area contributed by atoms with Crippen molar-refractivity contribution in [1.82, 2.24) is 9.97 Å². The third kappa shape index (κ3) is 5.16. The minimum absolute atomic E-state index is 0.262. The van der Waals surface area contributed by atoms with Gasteiger partial charge in [-0.1, -0.05) is 0 Å². The number of ether oxygens (including phenoxy) is 2. The summed E-state index contributed by atoms with van der Waals surface area (Å²) in [5, 5.41) is 2.84. The number of anilines is 2. The Morgan fingerprint density at radius 2 is 2.00 bits per heavy atom. The van der Waals surface area contributed by atoms with E-state index in [-0.39, 0.29) is 5.91 Å². The normalized spacial score (nSPS) is 13.3. The molecule has 138 valence electrons. The predicted molar refractivity (Wildman–Crippen MR) is 99.8 cm³/mol. The van der Waals surface area contributed by atoms with E-state index in [0.29, 0.717) is 24.6 Å². The van der Waals surface area contributed by atoms with Crippen LogP contribution in [0.2, 0.25) is 0 Å². The summed E-state index contributed by atoms with van der Waals surface area (Å²) in [7, 11) is 3.62. The summed E-state index contributed by atoms with van der Waals surface area (Å²) in [4.78, 5) is 22.9. The summed E-state index contributed by atoms with van der Waals surface area (Å²) in [5.74, 6) is 1.98. The molecular weight excluding hydrogens is 332 g/mol. The molecule has 1 saturated carbocycles. The van der Waals surface area contributed by atoms with E-state index in [1.807, 2.05) is 7.05 Å². The average molecular weight is 356 g/mol. The fourth-order valence-electron chi connectivity index (χ4n) is 2.53. The standard InChI is InChI=1S/C19H24N4O3/c1-23(12-14-3-4-14)18-11-17(20-13-21-18)19(24)22-15-5-7-16(8-6-15)26-10-9-25-2/h5-8,11,13-14H,3-4,9-10,12H2,1-2H3,(H,22,24). The van der Waals surface area contributed by atoms with Crippen LogP contribution in [0.25, 0.3) is 0 Å². The van der Waals surface area contributed by atoms with Crippen molar-refractivity contribution in [2.24, 2.45) is 5.92 Å². The molecule has 7 heteroatoms. The van der Waals surface area contributed by atoms with Gasteiger partial charge < -0.3 is 19.7 Å². The van der Waals surface area contributed by atoms with Gasteiger partial charge in [0.2, 0.25) is 0 Å². The average Bonchev–Trinajstić information content (AvgIpc) is 3.47. The Kier molecular flexibility index (Phi) is 6.01. The number of methoxy groups -OCH3 is 1. The van der Waals surface area contributed by atoms with Gasteiger partial charge in [-0.15, -0.1) is 0 Å². The van der Waals surface area contributed by atoms with Crippen molar-refractivity contribution in [1.29, 1.82) is 0 Å². The van der Waals surface area contributed by atoms with Gasteiger partial charge in [-0.05, 0) is 43.0 Å². The molecule has 0 aliphatic heterocycles. The number of hydrogen-bond acceptors (Lipinski definition) is 6. The van der Waals surface area contributed by atoms with E-state index in [4.69, 9.17) is 9.47 Å². The molecule has 1 N–H and O–H groups in total. The molecule has 0 spiro atoms. The number of aromatic nitrogens is 2. The van der Waals surface area contributed by atoms with Crippen molar-refractivity contribution in [3.8, 4) is 5.75 Å². The molecule has 1 aliphatic rings. The first-order valence-electron chi connectivity index (χ1n) is 8.72. The van der Waals surface area contributed by atoms with Crippen molar-refractivity contribution >= 4 is 17.4 Å². The number of benzene rings is 1. The van der Waals surface area contributed by atoms with Gasteiger partial charge in [0.25, 0.3) is 5.91 Å². The van der Waals surface area contributed by atoms with Crippen LogP contribution in [0.4, 0.5) is 11.5 Å². The molecule has 1 aromatic heterocycles. The molecule has 2 aromatic rings. The lowest BCUT2D eigenvalue weighted by molar-refractivity contribution is 0.102. The van der Waals surface area contributed by atoms with Crippen LogP contribution < -0.4 is 15.0 Å². The lowest BCUT2D eigenvalue weighted by Crippen LogP contribution is -2.22. The van der Waals surface area contributed by atoms with Crippen molar-refractivity contribution in [2.75, 3.05) is 44.1 Å². The van der Waals surface area contributed by atoms with Gasteiger partial charge in [-0.25, -0.2) is 9.97 Å². The van der Waals surface area contributed by atoms with Crippen LogP contribution in [-0.2, 0) is 4.74 Å². The fraction of sp³-hybridized carbons (Fsp3) is 0.421. The molecule has 1 amide bonds. The summed E-state index contributed by atoms with van der Waals surface area (Å²) in [6.07, 6.45) is 3.97. The van der Waals surface area contributed by atoms with Crippen molar-refractivity contribution in [3.63, 3.8) is 0 Å². The zero-order valence-electron chi connectivity index (χ0n) is 15.1. The lowest BCUT2D eigenvalue weighted by Gasteiger charge is -2.17. The first-order valence-corrected chi connectivity index (χ1v) is 8.72. The zero-order chi connectivity index (χ0) is 18.4. The molecule has 26 heavy (non-hydrogen) atoms. The van der Waals surface area contributed by atoms with Gasteiger partial charge in [0.1, 0.15) is 30.2 Å². The Bertz CT molecular complexity index is 732. The SMILES string of the molecule is COCCOc1ccc(NC(=O)c2cc(N(C)CC3CC3)ncn2)cc1. The van der Waals surface area contributed by atoms with Crippen LogP contribution in [0.5, 0.6) is 5.75 Å². The molecule has 0 unspecified atom stereocenters. The number of rotatable bonds is 9. The molecule has 3 rings (SSSR count). The van der Waals surface area contributed by atoms with E-state index in [1.54, 1.807) is 37.4 Å². The molecule has 1 aliphatic carbocycles. The number of nitrogens with one attached hydrogen (secondary N) is 1. The van der Waals surface area contributed by atoms with Crippen LogP contribution in [0.1, 0.15) is 23.3 Å². The Morgan fingerprint density at radius 1 is 1.23 bits per heavy atom. The molecule has 7 nitrogen and oxygen atoms in total. The number of carbonyl (C=O) groups excluding carboxylic acids is 1. The van der Waals surface area contributed by atoms with Crippen molar-refractivity contribution < 1.29 is 14.3 Å². The summed E-state index contributed by atoms with van der Waals surface area (Å²) in [6, 6.07) is 8.92. The second kappa shape index (κ2) is 8.62. The highest BCUT2D eigenvalue weighted by Gasteiger charge is 2.23. The van der Waals surface area contributed by atoms with E-state index in [1.165, 1.54) is 19.2 Å². The minimum Gasteiger partial charge on any atom is -0.491 e. The highest BCUT2D eigenvalue weighted by molar-refractivity contribution is 6.03. The molecule has 1 fully saturated rings. The monoisotopic (exact) mass is 356 g/mol.